The van der Waals surface area contributed by atoms with E-state index in [1.165, 1.54) is 6.92 Å². The van der Waals surface area contributed by atoms with E-state index >= 15 is 0 Å². The van der Waals surface area contributed by atoms with Crippen molar-refractivity contribution in [2.75, 3.05) is 19.8 Å². The maximum absolute atomic E-state index is 11.4. The molecule has 0 bridgehead atoms. The van der Waals surface area contributed by atoms with Gasteiger partial charge in [-0.1, -0.05) is 6.07 Å². The highest BCUT2D eigenvalue weighted by molar-refractivity contribution is 5.81. The Morgan fingerprint density at radius 2 is 1.94 bits per heavy atom. The number of ether oxygens (including phenoxy) is 3. The third-order valence-corrected chi connectivity index (χ3v) is 2.39. The van der Waals surface area contributed by atoms with E-state index in [0.29, 0.717) is 24.7 Å². The SMILES string of the molecule is CC(=O)COC(=O)Cc1ccc2c(c1)OCCO2. The third-order valence-electron chi connectivity index (χ3n) is 2.39. The average molecular weight is 250 g/mol. The Morgan fingerprint density at radius 1 is 1.22 bits per heavy atom. The second-order valence-electron chi connectivity index (χ2n) is 4.02. The molecular weight excluding hydrogens is 236 g/mol. The van der Waals surface area contributed by atoms with Gasteiger partial charge in [-0.15, -0.1) is 0 Å². The molecule has 0 aliphatic carbocycles. The summed E-state index contributed by atoms with van der Waals surface area (Å²) < 4.78 is 15.6. The van der Waals surface area contributed by atoms with Gasteiger partial charge in [0.15, 0.2) is 17.3 Å². The maximum Gasteiger partial charge on any atom is 0.310 e. The van der Waals surface area contributed by atoms with Crippen molar-refractivity contribution < 1.29 is 23.8 Å². The second-order valence-corrected chi connectivity index (χ2v) is 4.02. The molecule has 1 aliphatic heterocycles. The molecule has 0 spiro atoms. The van der Waals surface area contributed by atoms with Gasteiger partial charge in [-0.25, -0.2) is 0 Å². The first-order valence-electron chi connectivity index (χ1n) is 5.69. The number of hydrogen-bond acceptors (Lipinski definition) is 5. The van der Waals surface area contributed by atoms with Gasteiger partial charge in [0.2, 0.25) is 0 Å². The van der Waals surface area contributed by atoms with Crippen molar-refractivity contribution in [1.82, 2.24) is 0 Å². The lowest BCUT2D eigenvalue weighted by Gasteiger charge is -2.18. The number of esters is 1. The maximum atomic E-state index is 11.4. The number of hydrogen-bond donors (Lipinski definition) is 0. The zero-order valence-electron chi connectivity index (χ0n) is 10.1. The van der Waals surface area contributed by atoms with Crippen molar-refractivity contribution in [2.24, 2.45) is 0 Å². The van der Waals surface area contributed by atoms with Crippen molar-refractivity contribution >= 4 is 11.8 Å². The van der Waals surface area contributed by atoms with Gasteiger partial charge < -0.3 is 14.2 Å². The van der Waals surface area contributed by atoms with E-state index in [1.54, 1.807) is 18.2 Å². The topological polar surface area (TPSA) is 61.8 Å². The molecule has 0 amide bonds. The van der Waals surface area contributed by atoms with Crippen LogP contribution in [0.15, 0.2) is 18.2 Å². The summed E-state index contributed by atoms with van der Waals surface area (Å²) in [5.41, 5.74) is 0.771. The van der Waals surface area contributed by atoms with Gasteiger partial charge in [-0.2, -0.15) is 0 Å². The highest BCUT2D eigenvalue weighted by Crippen LogP contribution is 2.30. The summed E-state index contributed by atoms with van der Waals surface area (Å²) in [7, 11) is 0. The van der Waals surface area contributed by atoms with Crippen molar-refractivity contribution in [3.8, 4) is 11.5 Å². The van der Waals surface area contributed by atoms with Gasteiger partial charge in [0.1, 0.15) is 19.8 Å². The van der Waals surface area contributed by atoms with Crippen LogP contribution in [0.25, 0.3) is 0 Å². The Balaban J connectivity index is 1.97. The quantitative estimate of drug-likeness (QED) is 0.750. The van der Waals surface area contributed by atoms with Crippen LogP contribution in [-0.2, 0) is 20.7 Å². The zero-order chi connectivity index (χ0) is 13.0. The minimum atomic E-state index is -0.429. The molecule has 2 rings (SSSR count). The van der Waals surface area contributed by atoms with E-state index < -0.39 is 5.97 Å². The molecule has 1 heterocycles. The van der Waals surface area contributed by atoms with Crippen LogP contribution in [0.4, 0.5) is 0 Å². The van der Waals surface area contributed by atoms with Crippen LogP contribution in [0.3, 0.4) is 0 Å². The first-order chi connectivity index (χ1) is 8.65. The van der Waals surface area contributed by atoms with Gasteiger partial charge in [0.25, 0.3) is 0 Å². The molecule has 0 aromatic heterocycles. The Kier molecular flexibility index (Phi) is 3.82. The van der Waals surface area contributed by atoms with Gasteiger partial charge in [0.05, 0.1) is 6.42 Å². The van der Waals surface area contributed by atoms with Crippen molar-refractivity contribution in [1.29, 1.82) is 0 Å². The number of benzene rings is 1. The minimum absolute atomic E-state index is 0.115. The summed E-state index contributed by atoms with van der Waals surface area (Å²) in [6.45, 7) is 2.24. The zero-order valence-corrected chi connectivity index (χ0v) is 10.1. The molecule has 1 aromatic rings. The van der Waals surface area contributed by atoms with Crippen LogP contribution in [0.2, 0.25) is 0 Å². The van der Waals surface area contributed by atoms with Gasteiger partial charge in [-0.3, -0.25) is 9.59 Å². The van der Waals surface area contributed by atoms with E-state index in [2.05, 4.69) is 0 Å². The largest absolute Gasteiger partial charge is 0.486 e. The summed E-state index contributed by atoms with van der Waals surface area (Å²) >= 11 is 0. The fourth-order valence-electron chi connectivity index (χ4n) is 1.60. The van der Waals surface area contributed by atoms with Crippen molar-refractivity contribution in [3.05, 3.63) is 23.8 Å². The molecule has 0 N–H and O–H groups in total. The molecule has 0 saturated heterocycles. The molecule has 96 valence electrons. The second kappa shape index (κ2) is 5.53. The molecule has 0 radical (unpaired) electrons. The van der Waals surface area contributed by atoms with Crippen LogP contribution >= 0.6 is 0 Å². The highest BCUT2D eigenvalue weighted by Gasteiger charge is 2.13. The monoisotopic (exact) mass is 250 g/mol. The fourth-order valence-corrected chi connectivity index (χ4v) is 1.60. The van der Waals surface area contributed by atoms with E-state index in [0.717, 1.165) is 5.56 Å². The van der Waals surface area contributed by atoms with E-state index in [9.17, 15) is 9.59 Å². The third kappa shape index (κ3) is 3.23. The lowest BCUT2D eigenvalue weighted by Crippen LogP contribution is -2.16. The van der Waals surface area contributed by atoms with Gasteiger partial charge in [0, 0.05) is 0 Å². The number of carbonyl (C=O) groups is 2. The lowest BCUT2D eigenvalue weighted by atomic mass is 10.1. The number of rotatable bonds is 4. The van der Waals surface area contributed by atoms with Gasteiger partial charge in [-0.05, 0) is 24.6 Å². The predicted octanol–water partition coefficient (Wildman–Crippen LogP) is 1.13. The van der Waals surface area contributed by atoms with Crippen molar-refractivity contribution in [2.45, 2.75) is 13.3 Å². The molecule has 18 heavy (non-hydrogen) atoms. The predicted molar refractivity (Wildman–Crippen MR) is 62.8 cm³/mol. The van der Waals surface area contributed by atoms with E-state index in [1.807, 2.05) is 0 Å². The lowest BCUT2D eigenvalue weighted by molar-refractivity contribution is -0.146. The number of fused-ring (bicyclic) bond motifs is 1. The Morgan fingerprint density at radius 3 is 2.67 bits per heavy atom. The smallest absolute Gasteiger partial charge is 0.310 e. The van der Waals surface area contributed by atoms with Crippen LogP contribution < -0.4 is 9.47 Å². The minimum Gasteiger partial charge on any atom is -0.486 e. The molecule has 5 heteroatoms. The van der Waals surface area contributed by atoms with E-state index in [4.69, 9.17) is 14.2 Å². The molecule has 0 saturated carbocycles. The number of carbonyl (C=O) groups excluding carboxylic acids is 2. The Labute approximate surface area is 105 Å². The summed E-state index contributed by atoms with van der Waals surface area (Å²) in [4.78, 5) is 22.1. The Hall–Kier alpha value is -2.04. The summed E-state index contributed by atoms with van der Waals surface area (Å²) in [6, 6.07) is 5.30. The first-order valence-corrected chi connectivity index (χ1v) is 5.69. The standard InChI is InChI=1S/C13H14O5/c1-9(14)8-18-13(15)7-10-2-3-11-12(6-10)17-5-4-16-11/h2-3,6H,4-5,7-8H2,1H3. The summed E-state index contributed by atoms with van der Waals surface area (Å²) in [5, 5.41) is 0. The normalized spacial score (nSPS) is 12.9. The van der Waals surface area contributed by atoms with Crippen LogP contribution in [0.5, 0.6) is 11.5 Å². The number of ketones is 1. The molecule has 5 nitrogen and oxygen atoms in total. The van der Waals surface area contributed by atoms with E-state index in [-0.39, 0.29) is 18.8 Å². The Bertz CT molecular complexity index is 466. The first kappa shape index (κ1) is 12.4. The van der Waals surface area contributed by atoms with Gasteiger partial charge >= 0.3 is 5.97 Å². The highest BCUT2D eigenvalue weighted by atomic mass is 16.6. The number of Topliss-reactive ketones (excluding diaryl/α,β-unsaturated/α-hetero) is 1. The molecule has 0 atom stereocenters. The van der Waals surface area contributed by atoms with Crippen LogP contribution in [0, 0.1) is 0 Å². The molecule has 1 aromatic carbocycles. The van der Waals surface area contributed by atoms with Crippen LogP contribution in [-0.4, -0.2) is 31.6 Å². The summed E-state index contributed by atoms with van der Waals surface area (Å²) in [6.07, 6.45) is 0.115. The average Bonchev–Trinajstić information content (AvgIpc) is 2.36. The molecular formula is C13H14O5. The molecule has 1 aliphatic rings. The molecule has 0 unspecified atom stereocenters. The van der Waals surface area contributed by atoms with Crippen LogP contribution in [0.1, 0.15) is 12.5 Å². The summed E-state index contributed by atoms with van der Waals surface area (Å²) in [5.74, 6) is 0.715. The fraction of sp³-hybridized carbons (Fsp3) is 0.385. The van der Waals surface area contributed by atoms with Crippen molar-refractivity contribution in [3.63, 3.8) is 0 Å². The molecule has 0 fully saturated rings.